The molecule has 0 radical (unpaired) electrons. The van der Waals surface area contributed by atoms with E-state index in [2.05, 4.69) is 41.5 Å². The standard InChI is InChI=1S/C27H38N2O3/c1-7-28(8-2,9-3)31-23-17-13-21(14-18-23)25-26(27(25)30)22-15-19-24(20-16-22)32-29(10-4,11-5)12-6/h13-20H,7-12H2,1-6H3/q+2. The van der Waals surface area contributed by atoms with Crippen molar-refractivity contribution in [1.29, 1.82) is 0 Å². The van der Waals surface area contributed by atoms with Gasteiger partial charge in [0.25, 0.3) is 0 Å². The van der Waals surface area contributed by atoms with Crippen LogP contribution in [0.1, 0.15) is 41.5 Å². The number of hydrogen-bond donors (Lipinski definition) is 0. The van der Waals surface area contributed by atoms with Gasteiger partial charge in [0.15, 0.2) is 16.9 Å². The maximum atomic E-state index is 12.6. The van der Waals surface area contributed by atoms with Crippen molar-refractivity contribution < 1.29 is 19.0 Å². The van der Waals surface area contributed by atoms with Crippen molar-refractivity contribution in [2.24, 2.45) is 0 Å². The second-order valence-corrected chi connectivity index (χ2v) is 8.32. The summed E-state index contributed by atoms with van der Waals surface area (Å²) in [6.07, 6.45) is 0. The highest BCUT2D eigenvalue weighted by Gasteiger charge is 2.28. The summed E-state index contributed by atoms with van der Waals surface area (Å²) in [6.45, 7) is 18.3. The van der Waals surface area contributed by atoms with Gasteiger partial charge in [-0.15, -0.1) is 9.29 Å². The third-order valence-corrected chi connectivity index (χ3v) is 6.98. The Morgan fingerprint density at radius 2 is 0.812 bits per heavy atom. The minimum atomic E-state index is 0.119. The largest absolute Gasteiger partial charge is 0.315 e. The average Bonchev–Trinajstić information content (AvgIpc) is 3.52. The van der Waals surface area contributed by atoms with E-state index in [9.17, 15) is 4.79 Å². The predicted octanol–water partition coefficient (Wildman–Crippen LogP) is 5.60. The van der Waals surface area contributed by atoms with Crippen molar-refractivity contribution in [1.82, 2.24) is 0 Å². The molecular formula is C27H38N2O3+2. The molecule has 0 fully saturated rings. The molecular weight excluding hydrogens is 400 g/mol. The molecule has 5 heteroatoms. The minimum absolute atomic E-state index is 0.119. The number of quaternary nitrogens is 2. The van der Waals surface area contributed by atoms with E-state index in [1.165, 1.54) is 0 Å². The zero-order valence-electron chi connectivity index (χ0n) is 20.5. The average molecular weight is 439 g/mol. The van der Waals surface area contributed by atoms with Gasteiger partial charge in [-0.1, -0.05) is 24.3 Å². The number of nitrogens with zero attached hydrogens (tertiary/aromatic N) is 2. The fourth-order valence-electron chi connectivity index (χ4n) is 4.26. The second-order valence-electron chi connectivity index (χ2n) is 8.32. The Labute approximate surface area is 192 Å². The molecule has 0 aliphatic heterocycles. The van der Waals surface area contributed by atoms with Crippen LogP contribution in [0.2, 0.25) is 0 Å². The minimum Gasteiger partial charge on any atom is -0.315 e. The Bertz CT molecular complexity index is 909. The first kappa shape index (κ1) is 24.0. The lowest BCUT2D eigenvalue weighted by Gasteiger charge is -2.32. The molecule has 0 amide bonds. The quantitative estimate of drug-likeness (QED) is 0.273. The lowest BCUT2D eigenvalue weighted by Crippen LogP contribution is -2.50. The molecule has 0 saturated carbocycles. The molecule has 0 saturated heterocycles. The zero-order chi connectivity index (χ0) is 23.4. The smallest absolute Gasteiger partial charge is 0.195 e. The van der Waals surface area contributed by atoms with Crippen LogP contribution < -0.4 is 15.1 Å². The van der Waals surface area contributed by atoms with Crippen molar-refractivity contribution in [3.63, 3.8) is 0 Å². The molecule has 172 valence electrons. The highest BCUT2D eigenvalue weighted by atomic mass is 16.7. The summed E-state index contributed by atoms with van der Waals surface area (Å²) in [7, 11) is 0. The number of hydrogen-bond acceptors (Lipinski definition) is 3. The van der Waals surface area contributed by atoms with Gasteiger partial charge in [-0.05, 0) is 76.9 Å². The number of rotatable bonds is 12. The van der Waals surface area contributed by atoms with Crippen LogP contribution in [0.3, 0.4) is 0 Å². The van der Waals surface area contributed by atoms with E-state index in [0.717, 1.165) is 73.0 Å². The lowest BCUT2D eigenvalue weighted by molar-refractivity contribution is -1.07. The van der Waals surface area contributed by atoms with Crippen molar-refractivity contribution in [3.8, 4) is 33.8 Å². The van der Waals surface area contributed by atoms with E-state index in [-0.39, 0.29) is 5.43 Å². The summed E-state index contributed by atoms with van der Waals surface area (Å²) in [5.41, 5.74) is 3.60. The summed E-state index contributed by atoms with van der Waals surface area (Å²) < 4.78 is 1.18. The monoisotopic (exact) mass is 438 g/mol. The molecule has 0 atom stereocenters. The van der Waals surface area contributed by atoms with Crippen LogP contribution in [0.15, 0.2) is 53.3 Å². The van der Waals surface area contributed by atoms with Gasteiger partial charge in [-0.25, -0.2) is 0 Å². The van der Waals surface area contributed by atoms with Crippen LogP contribution in [0.4, 0.5) is 0 Å². The Morgan fingerprint density at radius 1 is 0.531 bits per heavy atom. The molecule has 0 N–H and O–H groups in total. The molecule has 3 aromatic carbocycles. The third-order valence-electron chi connectivity index (χ3n) is 6.98. The molecule has 3 aromatic rings. The number of hydroxylamine groups is 6. The zero-order valence-corrected chi connectivity index (χ0v) is 20.5. The van der Waals surface area contributed by atoms with Crippen LogP contribution in [0.25, 0.3) is 22.3 Å². The second kappa shape index (κ2) is 9.88. The van der Waals surface area contributed by atoms with Crippen LogP contribution in [-0.4, -0.2) is 48.6 Å². The third kappa shape index (κ3) is 4.74. The maximum absolute atomic E-state index is 12.6. The van der Waals surface area contributed by atoms with Gasteiger partial charge in [-0.3, -0.25) is 4.79 Å². The molecule has 0 heterocycles. The molecule has 0 aromatic heterocycles. The molecule has 32 heavy (non-hydrogen) atoms. The van der Waals surface area contributed by atoms with E-state index in [1.54, 1.807) is 0 Å². The van der Waals surface area contributed by atoms with Crippen molar-refractivity contribution in [2.45, 2.75) is 41.5 Å². The van der Waals surface area contributed by atoms with Crippen LogP contribution in [0, 0.1) is 0 Å². The van der Waals surface area contributed by atoms with E-state index in [1.807, 2.05) is 48.5 Å². The Hall–Kier alpha value is -2.63. The molecule has 0 bridgehead atoms. The van der Waals surface area contributed by atoms with E-state index >= 15 is 0 Å². The topological polar surface area (TPSA) is 35.5 Å². The first-order valence-corrected chi connectivity index (χ1v) is 12.0. The summed E-state index contributed by atoms with van der Waals surface area (Å²) in [5.74, 6) is 1.67. The van der Waals surface area contributed by atoms with Crippen molar-refractivity contribution >= 4 is 0 Å². The van der Waals surface area contributed by atoms with Gasteiger partial charge in [0.05, 0.1) is 0 Å². The van der Waals surface area contributed by atoms with E-state index in [4.69, 9.17) is 9.68 Å². The fraction of sp³-hybridized carbons (Fsp3) is 0.444. The lowest BCUT2D eigenvalue weighted by atomic mass is 10.1. The van der Waals surface area contributed by atoms with Gasteiger partial charge in [0.1, 0.15) is 39.3 Å². The van der Waals surface area contributed by atoms with Gasteiger partial charge in [0.2, 0.25) is 0 Å². The first-order valence-electron chi connectivity index (χ1n) is 12.0. The van der Waals surface area contributed by atoms with Crippen molar-refractivity contribution in [2.75, 3.05) is 39.3 Å². The summed E-state index contributed by atoms with van der Waals surface area (Å²) in [6, 6.07) is 15.8. The van der Waals surface area contributed by atoms with E-state index in [0.29, 0.717) is 9.29 Å². The van der Waals surface area contributed by atoms with E-state index < -0.39 is 0 Å². The predicted molar refractivity (Wildman–Crippen MR) is 131 cm³/mol. The molecule has 3 rings (SSSR count). The van der Waals surface area contributed by atoms with Gasteiger partial charge >= 0.3 is 0 Å². The summed E-state index contributed by atoms with van der Waals surface area (Å²) in [5, 5.41) is 0. The first-order chi connectivity index (χ1) is 15.4. The van der Waals surface area contributed by atoms with Gasteiger partial charge in [0, 0.05) is 11.1 Å². The van der Waals surface area contributed by atoms with Crippen LogP contribution in [0.5, 0.6) is 11.5 Å². The van der Waals surface area contributed by atoms with Gasteiger partial charge < -0.3 is 9.68 Å². The highest BCUT2D eigenvalue weighted by Crippen LogP contribution is 2.36. The SMILES string of the molecule is CC[N+](CC)(CC)Oc1ccc(-c2c(-c3ccc(O[N+](CC)(CC)CC)cc3)c2=O)cc1. The highest BCUT2D eigenvalue weighted by molar-refractivity contribution is 5.94. The molecule has 0 unspecified atom stereocenters. The van der Waals surface area contributed by atoms with Gasteiger partial charge in [-0.2, -0.15) is 0 Å². The Morgan fingerprint density at radius 3 is 1.06 bits per heavy atom. The molecule has 5 nitrogen and oxygen atoms in total. The Kier molecular flexibility index (Phi) is 7.42. The van der Waals surface area contributed by atoms with Crippen LogP contribution in [-0.2, 0) is 0 Å². The summed E-state index contributed by atoms with van der Waals surface area (Å²) in [4.78, 5) is 25.1. The maximum Gasteiger partial charge on any atom is 0.195 e. The molecule has 0 aliphatic carbocycles. The fourth-order valence-corrected chi connectivity index (χ4v) is 4.26. The normalized spacial score (nSPS) is 12.3. The molecule has 0 spiro atoms. The number of benzene rings is 2. The van der Waals surface area contributed by atoms with Crippen LogP contribution >= 0.6 is 0 Å². The Balaban J connectivity index is 1.74. The molecule has 0 aliphatic rings. The van der Waals surface area contributed by atoms with Crippen molar-refractivity contribution in [3.05, 3.63) is 58.8 Å². The summed E-state index contributed by atoms with van der Waals surface area (Å²) >= 11 is 0.